The lowest BCUT2D eigenvalue weighted by Gasteiger charge is -2.21. The molecule has 0 radical (unpaired) electrons. The number of hydrogen-bond donors (Lipinski definition) is 3. The van der Waals surface area contributed by atoms with E-state index in [0.29, 0.717) is 6.04 Å². The summed E-state index contributed by atoms with van der Waals surface area (Å²) in [5.41, 5.74) is 8.08. The van der Waals surface area contributed by atoms with Crippen molar-refractivity contribution in [3.63, 3.8) is 0 Å². The Labute approximate surface area is 84.7 Å². The maximum atomic E-state index is 5.57. The molecule has 14 heavy (non-hydrogen) atoms. The molecule has 0 spiro atoms. The minimum Gasteiger partial charge on any atom is -0.403 e. The van der Waals surface area contributed by atoms with E-state index < -0.39 is 0 Å². The second kappa shape index (κ2) is 3.17. The van der Waals surface area contributed by atoms with E-state index in [1.54, 1.807) is 6.20 Å². The first-order chi connectivity index (χ1) is 6.75. The predicted octanol–water partition coefficient (Wildman–Crippen LogP) is 0.623. The number of rotatable bonds is 3. The maximum Gasteiger partial charge on any atom is 0.116 e. The summed E-state index contributed by atoms with van der Waals surface area (Å²) < 4.78 is 0. The van der Waals surface area contributed by atoms with Gasteiger partial charge in [-0.25, -0.2) is 0 Å². The number of nitrogens with one attached hydrogen (secondary N) is 2. The van der Waals surface area contributed by atoms with E-state index in [-0.39, 0.29) is 5.54 Å². The molecule has 3 heteroatoms. The molecule has 2 aliphatic rings. The van der Waals surface area contributed by atoms with Crippen LogP contribution in [0, 0.1) is 0 Å². The third-order valence-electron chi connectivity index (χ3n) is 3.22. The lowest BCUT2D eigenvalue weighted by molar-refractivity contribution is 0.507. The molecule has 0 bridgehead atoms. The van der Waals surface area contributed by atoms with Crippen LogP contribution >= 0.6 is 0 Å². The van der Waals surface area contributed by atoms with E-state index in [4.69, 9.17) is 5.73 Å². The number of hydrogen-bond acceptors (Lipinski definition) is 3. The molecule has 76 valence electrons. The number of nitrogens with two attached hydrogens (primary N) is 1. The smallest absolute Gasteiger partial charge is 0.116 e. The van der Waals surface area contributed by atoms with Gasteiger partial charge >= 0.3 is 0 Å². The van der Waals surface area contributed by atoms with Crippen LogP contribution in [0.3, 0.4) is 0 Å². The zero-order valence-corrected chi connectivity index (χ0v) is 8.67. The molecule has 0 saturated carbocycles. The number of likely N-dealkylation sites (N-methyl/N-ethyl adjacent to an activating group) is 1. The second-order valence-corrected chi connectivity index (χ2v) is 3.85. The molecule has 2 unspecified atom stereocenters. The van der Waals surface area contributed by atoms with Crippen molar-refractivity contribution in [1.29, 1.82) is 0 Å². The zero-order valence-electron chi connectivity index (χ0n) is 8.67. The molecule has 2 atom stereocenters. The van der Waals surface area contributed by atoms with Crippen LogP contribution in [-0.4, -0.2) is 18.6 Å². The molecular formula is C11H17N3. The SMILES string of the molecule is CNC(C)C1(C2=CC=CC2)N/C1=C\N. The lowest BCUT2D eigenvalue weighted by Crippen LogP contribution is -2.41. The van der Waals surface area contributed by atoms with Gasteiger partial charge in [-0.15, -0.1) is 0 Å². The van der Waals surface area contributed by atoms with Crippen LogP contribution in [0.25, 0.3) is 0 Å². The molecule has 0 amide bonds. The molecule has 1 aliphatic carbocycles. The Hall–Kier alpha value is -1.22. The van der Waals surface area contributed by atoms with Gasteiger partial charge in [-0.3, -0.25) is 0 Å². The molecule has 3 nitrogen and oxygen atoms in total. The topological polar surface area (TPSA) is 60.0 Å². The highest BCUT2D eigenvalue weighted by Crippen LogP contribution is 2.43. The largest absolute Gasteiger partial charge is 0.403 e. The summed E-state index contributed by atoms with van der Waals surface area (Å²) >= 11 is 0. The second-order valence-electron chi connectivity index (χ2n) is 3.85. The Morgan fingerprint density at radius 3 is 2.93 bits per heavy atom. The quantitative estimate of drug-likeness (QED) is 0.573. The minimum atomic E-state index is -0.0208. The van der Waals surface area contributed by atoms with Crippen LogP contribution in [0.15, 0.2) is 35.7 Å². The molecule has 0 aromatic rings. The van der Waals surface area contributed by atoms with Crippen molar-refractivity contribution in [2.24, 2.45) is 5.73 Å². The molecule has 4 N–H and O–H groups in total. The molecule has 1 aliphatic heterocycles. The first-order valence-electron chi connectivity index (χ1n) is 4.99. The monoisotopic (exact) mass is 191 g/mol. The van der Waals surface area contributed by atoms with Gasteiger partial charge in [-0.1, -0.05) is 18.2 Å². The van der Waals surface area contributed by atoms with Crippen molar-refractivity contribution in [1.82, 2.24) is 10.6 Å². The Kier molecular flexibility index (Phi) is 2.11. The molecule has 0 aromatic heterocycles. The average Bonchev–Trinajstić information content (AvgIpc) is 2.71. The van der Waals surface area contributed by atoms with Crippen LogP contribution < -0.4 is 16.4 Å². The molecular weight excluding hydrogens is 174 g/mol. The third-order valence-corrected chi connectivity index (χ3v) is 3.22. The van der Waals surface area contributed by atoms with Crippen molar-refractivity contribution in [2.75, 3.05) is 7.05 Å². The van der Waals surface area contributed by atoms with Crippen LogP contribution in [0.5, 0.6) is 0 Å². The van der Waals surface area contributed by atoms with Crippen molar-refractivity contribution in [3.05, 3.63) is 35.7 Å². The van der Waals surface area contributed by atoms with Gasteiger partial charge in [0, 0.05) is 12.2 Å². The fraction of sp³-hybridized carbons (Fsp3) is 0.455. The van der Waals surface area contributed by atoms with Crippen molar-refractivity contribution >= 4 is 0 Å². The summed E-state index contributed by atoms with van der Waals surface area (Å²) in [6, 6.07) is 0.364. The first-order valence-corrected chi connectivity index (χ1v) is 4.99. The Bertz CT molecular complexity index is 327. The molecule has 1 fully saturated rings. The van der Waals surface area contributed by atoms with Gasteiger partial charge in [-0.05, 0) is 26.0 Å². The van der Waals surface area contributed by atoms with E-state index in [2.05, 4.69) is 35.8 Å². The lowest BCUT2D eigenvalue weighted by atomic mass is 9.89. The molecule has 0 aromatic carbocycles. The highest BCUT2D eigenvalue weighted by atomic mass is 15.2. The molecule has 2 rings (SSSR count). The van der Waals surface area contributed by atoms with Crippen molar-refractivity contribution in [3.8, 4) is 0 Å². The van der Waals surface area contributed by atoms with E-state index >= 15 is 0 Å². The summed E-state index contributed by atoms with van der Waals surface area (Å²) in [4.78, 5) is 0. The molecule has 1 heterocycles. The van der Waals surface area contributed by atoms with Gasteiger partial charge in [0.2, 0.25) is 0 Å². The van der Waals surface area contributed by atoms with Gasteiger partial charge in [0.1, 0.15) is 5.54 Å². The predicted molar refractivity (Wildman–Crippen MR) is 58.5 cm³/mol. The van der Waals surface area contributed by atoms with E-state index in [1.807, 2.05) is 7.05 Å². The summed E-state index contributed by atoms with van der Waals surface area (Å²) in [6.07, 6.45) is 9.15. The van der Waals surface area contributed by atoms with Gasteiger partial charge in [-0.2, -0.15) is 0 Å². The Morgan fingerprint density at radius 2 is 2.50 bits per heavy atom. The normalized spacial score (nSPS) is 34.1. The fourth-order valence-corrected chi connectivity index (χ4v) is 2.18. The van der Waals surface area contributed by atoms with Crippen LogP contribution in [-0.2, 0) is 0 Å². The number of allylic oxidation sites excluding steroid dienone is 3. The first kappa shape index (κ1) is 9.34. The summed E-state index contributed by atoms with van der Waals surface area (Å²) in [7, 11) is 1.98. The average molecular weight is 191 g/mol. The standard InChI is InChI=1S/C11H17N3/c1-8(13-2)11(10(7-12)14-11)9-5-3-4-6-9/h3-5,7-8,13-14H,6,12H2,1-2H3/b10-7-. The van der Waals surface area contributed by atoms with Gasteiger partial charge < -0.3 is 16.4 Å². The van der Waals surface area contributed by atoms with E-state index in [9.17, 15) is 0 Å². The third kappa shape index (κ3) is 1.09. The Morgan fingerprint density at radius 1 is 1.71 bits per heavy atom. The van der Waals surface area contributed by atoms with Gasteiger partial charge in [0.05, 0.1) is 5.70 Å². The highest BCUT2D eigenvalue weighted by molar-refractivity contribution is 5.54. The van der Waals surface area contributed by atoms with Crippen molar-refractivity contribution in [2.45, 2.75) is 24.9 Å². The van der Waals surface area contributed by atoms with Gasteiger partial charge in [0.25, 0.3) is 0 Å². The maximum absolute atomic E-state index is 5.57. The minimum absolute atomic E-state index is 0.0208. The van der Waals surface area contributed by atoms with Crippen LogP contribution in [0.1, 0.15) is 13.3 Å². The highest BCUT2D eigenvalue weighted by Gasteiger charge is 2.54. The zero-order chi connectivity index (χ0) is 10.2. The summed E-state index contributed by atoms with van der Waals surface area (Å²) in [5, 5.41) is 6.67. The Balaban J connectivity index is 2.26. The van der Waals surface area contributed by atoms with Crippen LogP contribution in [0.4, 0.5) is 0 Å². The van der Waals surface area contributed by atoms with E-state index in [0.717, 1.165) is 12.1 Å². The summed E-state index contributed by atoms with van der Waals surface area (Å²) in [5.74, 6) is 0. The van der Waals surface area contributed by atoms with Gasteiger partial charge in [0.15, 0.2) is 0 Å². The van der Waals surface area contributed by atoms with Crippen molar-refractivity contribution < 1.29 is 0 Å². The van der Waals surface area contributed by atoms with Crippen LogP contribution in [0.2, 0.25) is 0 Å². The molecule has 1 saturated heterocycles. The van der Waals surface area contributed by atoms with E-state index in [1.165, 1.54) is 5.57 Å². The fourth-order valence-electron chi connectivity index (χ4n) is 2.18. The summed E-state index contributed by atoms with van der Waals surface area (Å²) in [6.45, 7) is 2.17.